The molecule has 0 amide bonds. The first-order valence-electron chi connectivity index (χ1n) is 4.12. The number of aromatic nitrogens is 1. The molecule has 2 heterocycles. The molecule has 0 bridgehead atoms. The number of hydrogen-bond acceptors (Lipinski definition) is 3. The molecule has 1 saturated heterocycles. The third-order valence-corrected chi connectivity index (χ3v) is 2.00. The van der Waals surface area contributed by atoms with E-state index in [1.54, 1.807) is 6.07 Å². The van der Waals surface area contributed by atoms with E-state index in [0.717, 1.165) is 11.4 Å². The standard InChI is InChI=1S/C9H10ClNO2/c1-6-2-7(3-9(10)11-6)13-8-4-12-5-8/h2-3,8H,4-5H2,1H3. The minimum Gasteiger partial charge on any atom is -0.485 e. The smallest absolute Gasteiger partial charge is 0.145 e. The second kappa shape index (κ2) is 3.52. The van der Waals surface area contributed by atoms with Crippen molar-refractivity contribution in [2.45, 2.75) is 13.0 Å². The Balaban J connectivity index is 2.10. The van der Waals surface area contributed by atoms with Gasteiger partial charge in [-0.2, -0.15) is 0 Å². The molecule has 1 aliphatic heterocycles. The van der Waals surface area contributed by atoms with Crippen LogP contribution < -0.4 is 4.74 Å². The van der Waals surface area contributed by atoms with Crippen molar-refractivity contribution >= 4 is 11.6 Å². The molecule has 2 rings (SSSR count). The molecular formula is C9H10ClNO2. The van der Waals surface area contributed by atoms with Crippen LogP contribution >= 0.6 is 11.6 Å². The van der Waals surface area contributed by atoms with Crippen molar-refractivity contribution in [1.29, 1.82) is 0 Å². The van der Waals surface area contributed by atoms with Crippen LogP contribution in [0.25, 0.3) is 0 Å². The summed E-state index contributed by atoms with van der Waals surface area (Å²) in [6.45, 7) is 3.22. The van der Waals surface area contributed by atoms with Gasteiger partial charge in [0.05, 0.1) is 13.2 Å². The lowest BCUT2D eigenvalue weighted by atomic mass is 10.3. The van der Waals surface area contributed by atoms with E-state index in [0.29, 0.717) is 18.4 Å². The van der Waals surface area contributed by atoms with Crippen molar-refractivity contribution in [3.05, 3.63) is 23.0 Å². The van der Waals surface area contributed by atoms with Gasteiger partial charge in [0.15, 0.2) is 0 Å². The lowest BCUT2D eigenvalue weighted by Gasteiger charge is -2.26. The van der Waals surface area contributed by atoms with E-state index in [1.807, 2.05) is 13.0 Å². The molecule has 0 radical (unpaired) electrons. The van der Waals surface area contributed by atoms with E-state index >= 15 is 0 Å². The molecule has 70 valence electrons. The van der Waals surface area contributed by atoms with Crippen molar-refractivity contribution in [1.82, 2.24) is 4.98 Å². The molecule has 0 aromatic carbocycles. The first-order valence-corrected chi connectivity index (χ1v) is 4.50. The van der Waals surface area contributed by atoms with Gasteiger partial charge >= 0.3 is 0 Å². The van der Waals surface area contributed by atoms with Crippen molar-refractivity contribution < 1.29 is 9.47 Å². The Morgan fingerprint density at radius 1 is 1.54 bits per heavy atom. The SMILES string of the molecule is Cc1cc(OC2COC2)cc(Cl)n1. The fourth-order valence-electron chi connectivity index (χ4n) is 1.14. The third-order valence-electron chi connectivity index (χ3n) is 1.81. The van der Waals surface area contributed by atoms with Crippen LogP contribution in [0.1, 0.15) is 5.69 Å². The zero-order valence-electron chi connectivity index (χ0n) is 7.29. The van der Waals surface area contributed by atoms with Crippen LogP contribution in [0.2, 0.25) is 5.15 Å². The molecule has 1 fully saturated rings. The van der Waals surface area contributed by atoms with Crippen LogP contribution in [-0.4, -0.2) is 24.3 Å². The fourth-order valence-corrected chi connectivity index (χ4v) is 1.38. The average Bonchev–Trinajstić information content (AvgIpc) is 1.95. The summed E-state index contributed by atoms with van der Waals surface area (Å²) >= 11 is 5.77. The quantitative estimate of drug-likeness (QED) is 0.681. The summed E-state index contributed by atoms with van der Waals surface area (Å²) in [4.78, 5) is 4.04. The first-order chi connectivity index (χ1) is 6.24. The Bertz CT molecular complexity index is 292. The molecule has 0 N–H and O–H groups in total. The number of halogens is 1. The molecule has 0 atom stereocenters. The summed E-state index contributed by atoms with van der Waals surface area (Å²) < 4.78 is 10.6. The summed E-state index contributed by atoms with van der Waals surface area (Å²) in [5.74, 6) is 0.769. The van der Waals surface area contributed by atoms with Crippen LogP contribution in [-0.2, 0) is 4.74 Å². The number of pyridine rings is 1. The number of ether oxygens (including phenoxy) is 2. The normalized spacial score (nSPS) is 16.8. The van der Waals surface area contributed by atoms with Gasteiger partial charge in [0.25, 0.3) is 0 Å². The maximum Gasteiger partial charge on any atom is 0.145 e. The van der Waals surface area contributed by atoms with E-state index in [9.17, 15) is 0 Å². The fraction of sp³-hybridized carbons (Fsp3) is 0.444. The van der Waals surface area contributed by atoms with Gasteiger partial charge in [0.2, 0.25) is 0 Å². The van der Waals surface area contributed by atoms with Crippen LogP contribution in [0.5, 0.6) is 5.75 Å². The van der Waals surface area contributed by atoms with E-state index in [2.05, 4.69) is 4.98 Å². The van der Waals surface area contributed by atoms with Crippen molar-refractivity contribution in [2.24, 2.45) is 0 Å². The highest BCUT2D eigenvalue weighted by Gasteiger charge is 2.20. The second-order valence-corrected chi connectivity index (χ2v) is 3.43. The maximum atomic E-state index is 5.77. The molecule has 1 aliphatic rings. The van der Waals surface area contributed by atoms with E-state index in [4.69, 9.17) is 21.1 Å². The molecule has 0 aliphatic carbocycles. The lowest BCUT2D eigenvalue weighted by molar-refractivity contribution is -0.0797. The predicted molar refractivity (Wildman–Crippen MR) is 49.2 cm³/mol. The summed E-state index contributed by atoms with van der Waals surface area (Å²) in [5, 5.41) is 0.468. The largest absolute Gasteiger partial charge is 0.485 e. The summed E-state index contributed by atoms with van der Waals surface area (Å²) in [5.41, 5.74) is 0.864. The van der Waals surface area contributed by atoms with Crippen LogP contribution in [0.4, 0.5) is 0 Å². The van der Waals surface area contributed by atoms with E-state index in [1.165, 1.54) is 0 Å². The van der Waals surface area contributed by atoms with E-state index in [-0.39, 0.29) is 6.10 Å². The van der Waals surface area contributed by atoms with Gasteiger partial charge < -0.3 is 9.47 Å². The number of rotatable bonds is 2. The minimum atomic E-state index is 0.179. The summed E-state index contributed by atoms with van der Waals surface area (Å²) in [7, 11) is 0. The Kier molecular flexibility index (Phi) is 2.38. The third kappa shape index (κ3) is 2.11. The van der Waals surface area contributed by atoms with Crippen molar-refractivity contribution in [2.75, 3.05) is 13.2 Å². The molecule has 13 heavy (non-hydrogen) atoms. The number of nitrogens with zero attached hydrogens (tertiary/aromatic N) is 1. The predicted octanol–water partition coefficient (Wildman–Crippen LogP) is 1.82. The molecular weight excluding hydrogens is 190 g/mol. The highest BCUT2D eigenvalue weighted by molar-refractivity contribution is 6.29. The number of hydrogen-bond donors (Lipinski definition) is 0. The average molecular weight is 200 g/mol. The van der Waals surface area contributed by atoms with Gasteiger partial charge in [-0.15, -0.1) is 0 Å². The summed E-state index contributed by atoms with van der Waals surface area (Å²) in [6, 6.07) is 3.58. The molecule has 4 heteroatoms. The van der Waals surface area contributed by atoms with Gasteiger partial charge in [-0.1, -0.05) is 11.6 Å². The maximum absolute atomic E-state index is 5.77. The lowest BCUT2D eigenvalue weighted by Crippen LogP contribution is -2.38. The molecule has 1 aromatic heterocycles. The van der Waals surface area contributed by atoms with Crippen molar-refractivity contribution in [3.63, 3.8) is 0 Å². The van der Waals surface area contributed by atoms with Gasteiger partial charge in [-0.05, 0) is 6.92 Å². The van der Waals surface area contributed by atoms with E-state index < -0.39 is 0 Å². The van der Waals surface area contributed by atoms with Gasteiger partial charge in [-0.3, -0.25) is 0 Å². The Labute approximate surface area is 81.6 Å². The second-order valence-electron chi connectivity index (χ2n) is 3.04. The van der Waals surface area contributed by atoms with Crippen LogP contribution in [0.3, 0.4) is 0 Å². The summed E-state index contributed by atoms with van der Waals surface area (Å²) in [6.07, 6.45) is 0.179. The monoisotopic (exact) mass is 199 g/mol. The molecule has 3 nitrogen and oxygen atoms in total. The molecule has 1 aromatic rings. The zero-order valence-corrected chi connectivity index (χ0v) is 8.04. The van der Waals surface area contributed by atoms with Gasteiger partial charge in [-0.25, -0.2) is 4.98 Å². The Hall–Kier alpha value is -0.800. The first kappa shape index (κ1) is 8.78. The highest BCUT2D eigenvalue weighted by Crippen LogP contribution is 2.20. The molecule has 0 spiro atoms. The van der Waals surface area contributed by atoms with Gasteiger partial charge in [0, 0.05) is 17.8 Å². The molecule has 0 unspecified atom stereocenters. The molecule has 0 saturated carbocycles. The zero-order chi connectivity index (χ0) is 9.26. The topological polar surface area (TPSA) is 31.4 Å². The number of aryl methyl sites for hydroxylation is 1. The Morgan fingerprint density at radius 3 is 2.85 bits per heavy atom. The van der Waals surface area contributed by atoms with Gasteiger partial charge in [0.1, 0.15) is 17.0 Å². The van der Waals surface area contributed by atoms with Crippen LogP contribution in [0, 0.1) is 6.92 Å². The highest BCUT2D eigenvalue weighted by atomic mass is 35.5. The minimum absolute atomic E-state index is 0.179. The van der Waals surface area contributed by atoms with Crippen LogP contribution in [0.15, 0.2) is 12.1 Å². The van der Waals surface area contributed by atoms with Crippen molar-refractivity contribution in [3.8, 4) is 5.75 Å². The Morgan fingerprint density at radius 2 is 2.31 bits per heavy atom.